The van der Waals surface area contributed by atoms with Crippen LogP contribution in [0.4, 0.5) is 0 Å². The maximum atomic E-state index is 13.1. The molecule has 0 unspecified atom stereocenters. The second-order valence-electron chi connectivity index (χ2n) is 5.07. The monoisotopic (exact) mass is 328 g/mol. The van der Waals surface area contributed by atoms with Crippen molar-refractivity contribution in [2.75, 3.05) is 0 Å². The first-order valence-corrected chi connectivity index (χ1v) is 8.40. The molecule has 2 aromatic carbocycles. The standard InChI is InChI=1S/C20H12N2OS/c21-13-18(14-22)17-11-19(15-7-3-1-4-8-15)24(23)20(12-17)16-9-5-2-6-10-16/h1-12H. The molecule has 0 bridgehead atoms. The molecule has 4 heteroatoms. The second kappa shape index (κ2) is 7.02. The molecule has 0 amide bonds. The number of hydrogen-bond donors (Lipinski definition) is 0. The van der Waals surface area contributed by atoms with Gasteiger partial charge in [-0.05, 0) is 24.3 Å². The number of nitrogens with zero attached hydrogens (tertiary/aromatic N) is 2. The predicted octanol–water partition coefficient (Wildman–Crippen LogP) is 4.17. The Morgan fingerprint density at radius 1 is 0.750 bits per heavy atom. The van der Waals surface area contributed by atoms with Crippen LogP contribution < -0.4 is 0 Å². The van der Waals surface area contributed by atoms with E-state index in [0.717, 1.165) is 11.1 Å². The Bertz CT molecular complexity index is 854. The van der Waals surface area contributed by atoms with Gasteiger partial charge in [0, 0.05) is 40.0 Å². The van der Waals surface area contributed by atoms with E-state index < -0.39 is 11.2 Å². The third-order valence-corrected chi connectivity index (χ3v) is 5.11. The van der Waals surface area contributed by atoms with Crippen molar-refractivity contribution in [1.29, 1.82) is 10.5 Å². The van der Waals surface area contributed by atoms with Gasteiger partial charge in [-0.1, -0.05) is 36.4 Å². The highest BCUT2D eigenvalue weighted by molar-refractivity contribution is 8.09. The van der Waals surface area contributed by atoms with Crippen LogP contribution in [0.3, 0.4) is 0 Å². The van der Waals surface area contributed by atoms with Crippen LogP contribution in [0, 0.1) is 22.7 Å². The third-order valence-electron chi connectivity index (χ3n) is 3.60. The highest BCUT2D eigenvalue weighted by Gasteiger charge is 2.29. The molecule has 0 fully saturated rings. The molecule has 0 spiro atoms. The molecule has 0 aliphatic carbocycles. The van der Waals surface area contributed by atoms with Gasteiger partial charge in [0.25, 0.3) is 0 Å². The van der Waals surface area contributed by atoms with E-state index in [1.165, 1.54) is 0 Å². The van der Waals surface area contributed by atoms with Gasteiger partial charge >= 0.3 is 0 Å². The highest BCUT2D eigenvalue weighted by Crippen LogP contribution is 2.38. The maximum Gasteiger partial charge on any atom is 0.166 e. The summed E-state index contributed by atoms with van der Waals surface area (Å²) in [6, 6.07) is 22.5. The van der Waals surface area contributed by atoms with Gasteiger partial charge < -0.3 is 4.55 Å². The summed E-state index contributed by atoms with van der Waals surface area (Å²) in [4.78, 5) is 1.19. The lowest BCUT2D eigenvalue weighted by Gasteiger charge is -2.20. The SMILES string of the molecule is N#CC(C#N)=C1C=C(c2ccccc2)[S+]([O-])C(c2ccccc2)=C1. The van der Waals surface area contributed by atoms with E-state index in [9.17, 15) is 15.1 Å². The molecule has 0 atom stereocenters. The van der Waals surface area contributed by atoms with E-state index >= 15 is 0 Å². The lowest BCUT2D eigenvalue weighted by Crippen LogP contribution is -2.11. The van der Waals surface area contributed by atoms with Gasteiger partial charge in [-0.3, -0.25) is 0 Å². The van der Waals surface area contributed by atoms with Gasteiger partial charge in [0.1, 0.15) is 17.7 Å². The van der Waals surface area contributed by atoms with Crippen molar-refractivity contribution in [2.24, 2.45) is 0 Å². The van der Waals surface area contributed by atoms with E-state index in [2.05, 4.69) is 0 Å². The van der Waals surface area contributed by atoms with Crippen LogP contribution in [0.5, 0.6) is 0 Å². The van der Waals surface area contributed by atoms with Gasteiger partial charge in [-0.2, -0.15) is 10.5 Å². The van der Waals surface area contributed by atoms with Crippen molar-refractivity contribution in [1.82, 2.24) is 0 Å². The Kier molecular flexibility index (Phi) is 4.63. The van der Waals surface area contributed by atoms with Crippen LogP contribution in [0.15, 0.2) is 84.0 Å². The van der Waals surface area contributed by atoms with E-state index in [4.69, 9.17) is 0 Å². The zero-order chi connectivity index (χ0) is 16.9. The Balaban J connectivity index is 2.21. The summed E-state index contributed by atoms with van der Waals surface area (Å²) >= 11 is -1.39. The van der Waals surface area contributed by atoms with Crippen molar-refractivity contribution in [2.45, 2.75) is 0 Å². The number of benzene rings is 2. The highest BCUT2D eigenvalue weighted by atomic mass is 32.2. The largest absolute Gasteiger partial charge is 0.606 e. The lowest BCUT2D eigenvalue weighted by atomic mass is 10.0. The van der Waals surface area contributed by atoms with E-state index in [-0.39, 0.29) is 5.57 Å². The van der Waals surface area contributed by atoms with E-state index in [1.54, 1.807) is 12.2 Å². The van der Waals surface area contributed by atoms with E-state index in [1.807, 2.05) is 72.8 Å². The van der Waals surface area contributed by atoms with Crippen LogP contribution >= 0.6 is 0 Å². The summed E-state index contributed by atoms with van der Waals surface area (Å²) in [5, 5.41) is 18.4. The average Bonchev–Trinajstić information content (AvgIpc) is 2.65. The van der Waals surface area contributed by atoms with E-state index in [0.29, 0.717) is 15.4 Å². The molecule has 0 saturated heterocycles. The van der Waals surface area contributed by atoms with Gasteiger partial charge in [-0.15, -0.1) is 0 Å². The van der Waals surface area contributed by atoms with Gasteiger partial charge in [0.15, 0.2) is 9.81 Å². The first-order chi connectivity index (χ1) is 11.7. The zero-order valence-corrected chi connectivity index (χ0v) is 13.5. The van der Waals surface area contributed by atoms with Crippen LogP contribution in [0.1, 0.15) is 11.1 Å². The fourth-order valence-corrected chi connectivity index (χ4v) is 3.84. The first-order valence-electron chi connectivity index (χ1n) is 7.25. The molecule has 1 aliphatic rings. The molecule has 0 saturated carbocycles. The molecule has 1 aliphatic heterocycles. The minimum Gasteiger partial charge on any atom is -0.606 e. The molecule has 1 heterocycles. The van der Waals surface area contributed by atoms with Crippen LogP contribution in [-0.2, 0) is 11.2 Å². The van der Waals surface area contributed by atoms with Crippen LogP contribution in [0.25, 0.3) is 9.81 Å². The number of hydrogen-bond acceptors (Lipinski definition) is 3. The van der Waals surface area contributed by atoms with Crippen molar-refractivity contribution in [3.8, 4) is 12.1 Å². The van der Waals surface area contributed by atoms with Crippen molar-refractivity contribution < 1.29 is 4.55 Å². The number of allylic oxidation sites excluding steroid dienone is 4. The summed E-state index contributed by atoms with van der Waals surface area (Å²) < 4.78 is 13.1. The Labute approximate surface area is 143 Å². The topological polar surface area (TPSA) is 70.6 Å². The van der Waals surface area contributed by atoms with Gasteiger partial charge in [-0.25, -0.2) is 0 Å². The summed E-state index contributed by atoms with van der Waals surface area (Å²) in [7, 11) is 0. The molecule has 2 aromatic rings. The van der Waals surface area contributed by atoms with Crippen molar-refractivity contribution in [3.63, 3.8) is 0 Å². The minimum absolute atomic E-state index is 0.00793. The summed E-state index contributed by atoms with van der Waals surface area (Å²) in [6.45, 7) is 0. The smallest absolute Gasteiger partial charge is 0.166 e. The molecule has 24 heavy (non-hydrogen) atoms. The maximum absolute atomic E-state index is 13.1. The zero-order valence-electron chi connectivity index (χ0n) is 12.6. The number of rotatable bonds is 2. The molecule has 0 aromatic heterocycles. The number of nitriles is 2. The van der Waals surface area contributed by atoms with Crippen LogP contribution in [-0.4, -0.2) is 4.55 Å². The molecule has 0 radical (unpaired) electrons. The quantitative estimate of drug-likeness (QED) is 0.613. The summed E-state index contributed by atoms with van der Waals surface area (Å²) in [5.41, 5.74) is 2.11. The Hall–Kier alpha value is -3.05. The molecule has 0 N–H and O–H groups in total. The molecular formula is C20H12N2OS. The molecule has 3 rings (SSSR count). The predicted molar refractivity (Wildman–Crippen MR) is 95.2 cm³/mol. The summed E-state index contributed by atoms with van der Waals surface area (Å²) in [5.74, 6) is 0. The van der Waals surface area contributed by atoms with Crippen LogP contribution in [0.2, 0.25) is 0 Å². The van der Waals surface area contributed by atoms with Gasteiger partial charge in [0.05, 0.1) is 0 Å². The molecule has 3 nitrogen and oxygen atoms in total. The average molecular weight is 328 g/mol. The molecule has 114 valence electrons. The third kappa shape index (κ3) is 3.02. The molecular weight excluding hydrogens is 316 g/mol. The first kappa shape index (κ1) is 15.8. The fraction of sp³-hybridized carbons (Fsp3) is 0. The lowest BCUT2D eigenvalue weighted by molar-refractivity contribution is 0.613. The van der Waals surface area contributed by atoms with Crippen molar-refractivity contribution >= 4 is 21.0 Å². The second-order valence-corrected chi connectivity index (χ2v) is 6.49. The Morgan fingerprint density at radius 3 is 1.54 bits per heavy atom. The minimum atomic E-state index is -1.39. The Morgan fingerprint density at radius 2 is 1.17 bits per heavy atom. The van der Waals surface area contributed by atoms with Crippen molar-refractivity contribution in [3.05, 3.63) is 95.1 Å². The summed E-state index contributed by atoms with van der Waals surface area (Å²) in [6.07, 6.45) is 3.33. The van der Waals surface area contributed by atoms with Gasteiger partial charge in [0.2, 0.25) is 0 Å². The normalized spacial score (nSPS) is 16.5. The fourth-order valence-electron chi connectivity index (χ4n) is 2.43.